The smallest absolute Gasteiger partial charge is 0.251 e. The van der Waals surface area contributed by atoms with Gasteiger partial charge in [-0.1, -0.05) is 111 Å². The lowest BCUT2D eigenvalue weighted by Gasteiger charge is -2.35. The van der Waals surface area contributed by atoms with E-state index in [0.29, 0.717) is 23.8 Å². The highest BCUT2D eigenvalue weighted by Crippen LogP contribution is 2.28. The van der Waals surface area contributed by atoms with Crippen molar-refractivity contribution in [1.82, 2.24) is 20.2 Å². The maximum absolute atomic E-state index is 12.6. The minimum absolute atomic E-state index is 0.0325. The highest BCUT2D eigenvalue weighted by atomic mass is 32.2. The number of amides is 1. The van der Waals surface area contributed by atoms with E-state index in [1.54, 1.807) is 11.8 Å². The van der Waals surface area contributed by atoms with Crippen LogP contribution in [-0.2, 0) is 5.75 Å². The number of hydrogen-bond donors (Lipinski definition) is 1. The fourth-order valence-corrected chi connectivity index (χ4v) is 5.60. The number of carbonyl (C=O) groups is 1. The van der Waals surface area contributed by atoms with Gasteiger partial charge in [-0.15, -0.1) is 0 Å². The summed E-state index contributed by atoms with van der Waals surface area (Å²) in [5.41, 5.74) is 5.00. The molecule has 1 aliphatic heterocycles. The van der Waals surface area contributed by atoms with Crippen LogP contribution in [0.3, 0.4) is 0 Å². The number of piperazine rings is 1. The summed E-state index contributed by atoms with van der Waals surface area (Å²) in [6.07, 6.45) is 4.45. The van der Waals surface area contributed by atoms with Crippen LogP contribution < -0.4 is 10.2 Å². The van der Waals surface area contributed by atoms with Gasteiger partial charge in [0.1, 0.15) is 5.82 Å². The normalized spacial score (nSPS) is 14.0. The lowest BCUT2D eigenvalue weighted by atomic mass is 10.1. The highest BCUT2D eigenvalue weighted by Gasteiger charge is 2.19. The number of rotatable bonds is 11. The van der Waals surface area contributed by atoms with Crippen molar-refractivity contribution in [2.75, 3.05) is 44.2 Å². The maximum atomic E-state index is 12.6. The van der Waals surface area contributed by atoms with E-state index in [-0.39, 0.29) is 5.91 Å². The quantitative estimate of drug-likeness (QED) is 0.159. The molecule has 0 atom stereocenters. The summed E-state index contributed by atoms with van der Waals surface area (Å²) in [4.78, 5) is 27.4. The zero-order chi connectivity index (χ0) is 29.1. The van der Waals surface area contributed by atoms with Gasteiger partial charge in [0.2, 0.25) is 0 Å². The molecule has 6 nitrogen and oxygen atoms in total. The third kappa shape index (κ3) is 8.54. The average molecular weight is 578 g/mol. The van der Waals surface area contributed by atoms with Gasteiger partial charge in [-0.2, -0.15) is 0 Å². The predicted molar refractivity (Wildman–Crippen MR) is 175 cm³/mol. The number of aromatic nitrogens is 2. The van der Waals surface area contributed by atoms with Crippen LogP contribution in [0, 0.1) is 5.92 Å². The Morgan fingerprint density at radius 1 is 0.905 bits per heavy atom. The monoisotopic (exact) mass is 577 g/mol. The van der Waals surface area contributed by atoms with Crippen LogP contribution in [0.5, 0.6) is 0 Å². The lowest BCUT2D eigenvalue weighted by molar-refractivity contribution is 0.0949. The number of anilines is 1. The lowest BCUT2D eigenvalue weighted by Crippen LogP contribution is -2.46. The minimum Gasteiger partial charge on any atom is -0.354 e. The first-order valence-electron chi connectivity index (χ1n) is 14.7. The van der Waals surface area contributed by atoms with Crippen molar-refractivity contribution in [2.45, 2.75) is 24.8 Å². The molecule has 0 unspecified atom stereocenters. The Balaban J connectivity index is 1.26. The molecule has 1 aromatic heterocycles. The second kappa shape index (κ2) is 14.8. The molecule has 216 valence electrons. The van der Waals surface area contributed by atoms with Gasteiger partial charge in [0.15, 0.2) is 5.16 Å². The van der Waals surface area contributed by atoms with Crippen LogP contribution in [0.4, 0.5) is 5.82 Å². The van der Waals surface area contributed by atoms with Gasteiger partial charge in [0, 0.05) is 62.2 Å². The summed E-state index contributed by atoms with van der Waals surface area (Å²) in [5, 5.41) is 3.75. The van der Waals surface area contributed by atoms with Crippen molar-refractivity contribution < 1.29 is 4.79 Å². The van der Waals surface area contributed by atoms with Crippen LogP contribution in [0.2, 0.25) is 0 Å². The Hall–Kier alpha value is -3.94. The van der Waals surface area contributed by atoms with Gasteiger partial charge >= 0.3 is 0 Å². The molecule has 0 bridgehead atoms. The van der Waals surface area contributed by atoms with Gasteiger partial charge in [0.05, 0.1) is 5.69 Å². The molecule has 7 heteroatoms. The molecule has 5 rings (SSSR count). The first-order chi connectivity index (χ1) is 20.5. The van der Waals surface area contributed by atoms with Gasteiger partial charge in [-0.3, -0.25) is 9.69 Å². The molecule has 0 saturated carbocycles. The van der Waals surface area contributed by atoms with E-state index in [4.69, 9.17) is 9.97 Å². The van der Waals surface area contributed by atoms with Gasteiger partial charge in [-0.25, -0.2) is 9.97 Å². The molecule has 0 radical (unpaired) electrons. The van der Waals surface area contributed by atoms with Crippen molar-refractivity contribution in [3.63, 3.8) is 0 Å². The molecular weight excluding hydrogens is 538 g/mol. The van der Waals surface area contributed by atoms with Crippen LogP contribution in [0.25, 0.3) is 17.3 Å². The fraction of sp³-hybridized carbons (Fsp3) is 0.286. The molecule has 3 aromatic carbocycles. The third-order valence-electron chi connectivity index (χ3n) is 7.16. The number of benzene rings is 3. The number of nitrogens with one attached hydrogen (secondary N) is 1. The van der Waals surface area contributed by atoms with Crippen molar-refractivity contribution in [2.24, 2.45) is 5.92 Å². The Bertz CT molecular complexity index is 1470. The second-order valence-electron chi connectivity index (χ2n) is 11.0. The van der Waals surface area contributed by atoms with Crippen LogP contribution in [0.15, 0.2) is 102 Å². The Kier molecular flexibility index (Phi) is 10.4. The number of nitrogens with zero attached hydrogens (tertiary/aromatic N) is 4. The number of hydrogen-bond acceptors (Lipinski definition) is 6. The van der Waals surface area contributed by atoms with Crippen molar-refractivity contribution in [1.29, 1.82) is 0 Å². The van der Waals surface area contributed by atoms with E-state index in [9.17, 15) is 4.79 Å². The molecule has 1 saturated heterocycles. The second-order valence-corrected chi connectivity index (χ2v) is 11.9. The SMILES string of the molecule is CC(C)CNC(=O)c1cccc(CSc2nc(-c3ccccc3)cc(N3CCN(CC=Cc4ccccc4)CC3)n2)c1. The molecular formula is C35H39N5OS. The average Bonchev–Trinajstić information content (AvgIpc) is 3.04. The summed E-state index contributed by atoms with van der Waals surface area (Å²) in [6.45, 7) is 9.60. The molecule has 4 aromatic rings. The molecule has 1 amide bonds. The van der Waals surface area contributed by atoms with E-state index in [1.165, 1.54) is 5.56 Å². The predicted octanol–water partition coefficient (Wildman–Crippen LogP) is 6.66. The Morgan fingerprint density at radius 3 is 2.38 bits per heavy atom. The van der Waals surface area contributed by atoms with Crippen molar-refractivity contribution in [3.05, 3.63) is 114 Å². The molecule has 1 fully saturated rings. The summed E-state index contributed by atoms with van der Waals surface area (Å²) in [5.74, 6) is 2.03. The first kappa shape index (κ1) is 29.5. The van der Waals surface area contributed by atoms with Crippen molar-refractivity contribution >= 4 is 29.6 Å². The molecule has 0 spiro atoms. The minimum atomic E-state index is -0.0325. The molecule has 42 heavy (non-hydrogen) atoms. The summed E-state index contributed by atoms with van der Waals surface area (Å²) >= 11 is 1.61. The number of carbonyl (C=O) groups excluding carboxylic acids is 1. The number of thioether (sulfide) groups is 1. The molecule has 2 heterocycles. The first-order valence-corrected chi connectivity index (χ1v) is 15.7. The van der Waals surface area contributed by atoms with Gasteiger partial charge < -0.3 is 10.2 Å². The Morgan fingerprint density at radius 2 is 1.64 bits per heavy atom. The summed E-state index contributed by atoms with van der Waals surface area (Å²) in [7, 11) is 0. The summed E-state index contributed by atoms with van der Waals surface area (Å²) < 4.78 is 0. The van der Waals surface area contributed by atoms with E-state index in [2.05, 4.69) is 89.6 Å². The van der Waals surface area contributed by atoms with E-state index in [1.807, 2.05) is 42.5 Å². The fourth-order valence-electron chi connectivity index (χ4n) is 4.81. The van der Waals surface area contributed by atoms with Gasteiger partial charge in [0.25, 0.3) is 5.91 Å². The molecule has 1 N–H and O–H groups in total. The van der Waals surface area contributed by atoms with Crippen LogP contribution in [-0.4, -0.2) is 60.0 Å². The zero-order valence-corrected chi connectivity index (χ0v) is 25.3. The summed E-state index contributed by atoms with van der Waals surface area (Å²) in [6, 6.07) is 30.7. The van der Waals surface area contributed by atoms with Crippen LogP contribution >= 0.6 is 11.8 Å². The molecule has 0 aliphatic carbocycles. The highest BCUT2D eigenvalue weighted by molar-refractivity contribution is 7.98. The standard InChI is InChI=1S/C35H39N5OS/c1-27(2)25-36-34(41)31-17-9-13-29(23-31)26-42-35-37-32(30-15-7-4-8-16-30)24-33(38-35)40-21-19-39(20-22-40)18-10-14-28-11-5-3-6-12-28/h3-17,23-24,27H,18-22,25-26H2,1-2H3,(H,36,41). The third-order valence-corrected chi connectivity index (χ3v) is 8.08. The topological polar surface area (TPSA) is 61.4 Å². The maximum Gasteiger partial charge on any atom is 0.251 e. The molecule has 1 aliphatic rings. The van der Waals surface area contributed by atoms with Crippen LogP contribution in [0.1, 0.15) is 35.3 Å². The van der Waals surface area contributed by atoms with Gasteiger partial charge in [-0.05, 0) is 29.2 Å². The van der Waals surface area contributed by atoms with E-state index >= 15 is 0 Å². The van der Waals surface area contributed by atoms with E-state index < -0.39 is 0 Å². The zero-order valence-electron chi connectivity index (χ0n) is 24.4. The largest absolute Gasteiger partial charge is 0.354 e. The van der Waals surface area contributed by atoms with E-state index in [0.717, 1.165) is 60.5 Å². The Labute approximate surface area is 253 Å². The van der Waals surface area contributed by atoms with Crippen molar-refractivity contribution in [3.8, 4) is 11.3 Å².